The van der Waals surface area contributed by atoms with Gasteiger partial charge < -0.3 is 9.29 Å². The number of hydrogen-bond acceptors (Lipinski definition) is 3. The highest BCUT2D eigenvalue weighted by atomic mass is 32.1. The van der Waals surface area contributed by atoms with Crippen molar-refractivity contribution in [2.24, 2.45) is 0 Å². The van der Waals surface area contributed by atoms with E-state index in [0.29, 0.717) is 12.7 Å². The van der Waals surface area contributed by atoms with E-state index in [-0.39, 0.29) is 0 Å². The minimum Gasteiger partial charge on any atom is -0.396 e. The molecular formula is C18H38O2S. The molecule has 0 amide bonds. The lowest BCUT2D eigenvalue weighted by atomic mass is 10.0. The number of hydrogen-bond donors (Lipinski definition) is 2. The number of thiol groups is 1. The Morgan fingerprint density at radius 3 is 1.57 bits per heavy atom. The first kappa shape index (κ1) is 21.3. The zero-order chi connectivity index (χ0) is 15.6. The van der Waals surface area contributed by atoms with Gasteiger partial charge >= 0.3 is 0 Å². The number of unbranched alkanes of at least 4 members (excludes halogenated alkanes) is 11. The van der Waals surface area contributed by atoms with Gasteiger partial charge in [-0.15, -0.1) is 0 Å². The number of aliphatic hydroxyl groups excluding tert-OH is 1. The predicted molar refractivity (Wildman–Crippen MR) is 95.9 cm³/mol. The van der Waals surface area contributed by atoms with Crippen molar-refractivity contribution >= 4 is 12.9 Å². The molecule has 0 heterocycles. The molecule has 1 unspecified atom stereocenters. The van der Waals surface area contributed by atoms with Gasteiger partial charge in [0.2, 0.25) is 0 Å². The molecule has 0 spiro atoms. The fourth-order valence-corrected chi connectivity index (χ4v) is 2.98. The lowest BCUT2D eigenvalue weighted by Gasteiger charge is -2.13. The van der Waals surface area contributed by atoms with Gasteiger partial charge in [-0.25, -0.2) is 0 Å². The fourth-order valence-electron chi connectivity index (χ4n) is 2.77. The predicted octanol–water partition coefficient (Wildman–Crippen LogP) is 6.08. The molecule has 0 bridgehead atoms. The van der Waals surface area contributed by atoms with Crippen LogP contribution in [0, 0.1) is 0 Å². The first-order chi connectivity index (χ1) is 10.3. The molecule has 0 aromatic rings. The van der Waals surface area contributed by atoms with Crippen LogP contribution in [0.1, 0.15) is 103 Å². The van der Waals surface area contributed by atoms with Crippen molar-refractivity contribution < 1.29 is 9.29 Å². The molecule has 0 aromatic carbocycles. The molecular weight excluding hydrogens is 280 g/mol. The molecule has 0 saturated heterocycles. The second-order valence-corrected chi connectivity index (χ2v) is 6.48. The second kappa shape index (κ2) is 18.3. The third kappa shape index (κ3) is 16.5. The molecule has 2 nitrogen and oxygen atoms in total. The summed E-state index contributed by atoms with van der Waals surface area (Å²) in [6.45, 7) is 2.60. The summed E-state index contributed by atoms with van der Waals surface area (Å²) in [6.07, 6.45) is 19.4. The molecule has 0 aliphatic heterocycles. The van der Waals surface area contributed by atoms with Gasteiger partial charge in [-0.3, -0.25) is 0 Å². The molecule has 1 N–H and O–H groups in total. The van der Waals surface area contributed by atoms with Crippen molar-refractivity contribution in [1.82, 2.24) is 0 Å². The molecule has 0 aromatic heterocycles. The summed E-state index contributed by atoms with van der Waals surface area (Å²) in [5, 5.41) is 8.70. The number of rotatable bonds is 17. The zero-order valence-electron chi connectivity index (χ0n) is 14.2. The van der Waals surface area contributed by atoms with Gasteiger partial charge in [-0.2, -0.15) is 0 Å². The van der Waals surface area contributed by atoms with E-state index in [1.165, 1.54) is 89.9 Å². The highest BCUT2D eigenvalue weighted by Crippen LogP contribution is 2.17. The van der Waals surface area contributed by atoms with Gasteiger partial charge in [0, 0.05) is 6.61 Å². The van der Waals surface area contributed by atoms with Crippen molar-refractivity contribution in [2.45, 2.75) is 109 Å². The lowest BCUT2D eigenvalue weighted by molar-refractivity contribution is 0.210. The van der Waals surface area contributed by atoms with Crippen LogP contribution in [0.2, 0.25) is 0 Å². The fraction of sp³-hybridized carbons (Fsp3) is 1.00. The second-order valence-electron chi connectivity index (χ2n) is 6.27. The van der Waals surface area contributed by atoms with Crippen LogP contribution in [-0.2, 0) is 4.18 Å². The molecule has 0 radical (unpaired) electrons. The smallest absolute Gasteiger partial charge is 0.0719 e. The Balaban J connectivity index is 3.23. The molecule has 128 valence electrons. The van der Waals surface area contributed by atoms with E-state index >= 15 is 0 Å². The van der Waals surface area contributed by atoms with Crippen LogP contribution in [0.3, 0.4) is 0 Å². The van der Waals surface area contributed by atoms with Crippen LogP contribution in [0.25, 0.3) is 0 Å². The first-order valence-corrected chi connectivity index (χ1v) is 9.62. The van der Waals surface area contributed by atoms with Crippen LogP contribution in [0.5, 0.6) is 0 Å². The van der Waals surface area contributed by atoms with Gasteiger partial charge in [0.05, 0.1) is 6.10 Å². The van der Waals surface area contributed by atoms with E-state index in [1.807, 2.05) is 0 Å². The maximum Gasteiger partial charge on any atom is 0.0719 e. The Hall–Kier alpha value is 0.270. The van der Waals surface area contributed by atoms with Crippen LogP contribution >= 0.6 is 12.9 Å². The van der Waals surface area contributed by atoms with E-state index in [0.717, 1.165) is 6.42 Å². The summed E-state index contributed by atoms with van der Waals surface area (Å²) < 4.78 is 5.29. The van der Waals surface area contributed by atoms with E-state index in [1.54, 1.807) is 0 Å². The first-order valence-electron chi connectivity index (χ1n) is 9.26. The summed E-state index contributed by atoms with van der Waals surface area (Å²) in [4.78, 5) is 0. The average Bonchev–Trinajstić information content (AvgIpc) is 2.51. The maximum absolute atomic E-state index is 8.70. The summed E-state index contributed by atoms with van der Waals surface area (Å²) in [6, 6.07) is 0. The van der Waals surface area contributed by atoms with Crippen molar-refractivity contribution in [3.8, 4) is 0 Å². The Morgan fingerprint density at radius 2 is 1.14 bits per heavy atom. The third-order valence-electron chi connectivity index (χ3n) is 4.21. The Labute approximate surface area is 138 Å². The molecule has 0 rings (SSSR count). The van der Waals surface area contributed by atoms with Crippen molar-refractivity contribution in [1.29, 1.82) is 0 Å². The minimum absolute atomic E-state index is 0.354. The summed E-state index contributed by atoms with van der Waals surface area (Å²) >= 11 is 4.02. The quantitative estimate of drug-likeness (QED) is 0.193. The SMILES string of the molecule is CCCCCCC(CCCCCCCCCCCO)OS. The highest BCUT2D eigenvalue weighted by Gasteiger charge is 2.07. The van der Waals surface area contributed by atoms with Gasteiger partial charge in [-0.05, 0) is 32.2 Å². The van der Waals surface area contributed by atoms with Gasteiger partial charge in [-0.1, -0.05) is 84.0 Å². The minimum atomic E-state index is 0.354. The molecule has 3 heteroatoms. The maximum atomic E-state index is 8.70. The topological polar surface area (TPSA) is 29.5 Å². The van der Waals surface area contributed by atoms with Crippen LogP contribution in [-0.4, -0.2) is 17.8 Å². The molecule has 1 atom stereocenters. The monoisotopic (exact) mass is 318 g/mol. The van der Waals surface area contributed by atoms with Crippen LogP contribution in [0.4, 0.5) is 0 Å². The van der Waals surface area contributed by atoms with Gasteiger partial charge in [0.1, 0.15) is 0 Å². The molecule has 0 aliphatic carbocycles. The Kier molecular flexibility index (Phi) is 18.6. The summed E-state index contributed by atoms with van der Waals surface area (Å²) in [5.41, 5.74) is 0. The van der Waals surface area contributed by atoms with E-state index in [9.17, 15) is 0 Å². The van der Waals surface area contributed by atoms with E-state index < -0.39 is 0 Å². The molecule has 21 heavy (non-hydrogen) atoms. The normalized spacial score (nSPS) is 12.7. The van der Waals surface area contributed by atoms with E-state index in [2.05, 4.69) is 19.8 Å². The number of aliphatic hydroxyl groups is 1. The Morgan fingerprint density at radius 1 is 0.714 bits per heavy atom. The standard InChI is InChI=1S/C18H38O2S/c1-2-3-4-12-15-18(20-21)16-13-10-8-6-5-7-9-11-14-17-19/h18-19,21H,2-17H2,1H3. The van der Waals surface area contributed by atoms with Crippen LogP contribution < -0.4 is 0 Å². The largest absolute Gasteiger partial charge is 0.396 e. The zero-order valence-corrected chi connectivity index (χ0v) is 15.1. The lowest BCUT2D eigenvalue weighted by Crippen LogP contribution is -2.07. The molecule has 0 fully saturated rings. The summed E-state index contributed by atoms with van der Waals surface area (Å²) in [5.74, 6) is 0. The average molecular weight is 319 g/mol. The van der Waals surface area contributed by atoms with Crippen molar-refractivity contribution in [3.05, 3.63) is 0 Å². The van der Waals surface area contributed by atoms with Crippen molar-refractivity contribution in [2.75, 3.05) is 6.61 Å². The summed E-state index contributed by atoms with van der Waals surface area (Å²) in [7, 11) is 0. The van der Waals surface area contributed by atoms with E-state index in [4.69, 9.17) is 9.29 Å². The van der Waals surface area contributed by atoms with Crippen molar-refractivity contribution in [3.63, 3.8) is 0 Å². The molecule has 0 aliphatic rings. The van der Waals surface area contributed by atoms with Gasteiger partial charge in [0.25, 0.3) is 0 Å². The third-order valence-corrected chi connectivity index (χ3v) is 4.51. The van der Waals surface area contributed by atoms with Gasteiger partial charge in [0.15, 0.2) is 0 Å². The molecule has 0 saturated carbocycles. The Bertz CT molecular complexity index is 188. The highest BCUT2D eigenvalue weighted by molar-refractivity contribution is 7.75. The van der Waals surface area contributed by atoms with Crippen LogP contribution in [0.15, 0.2) is 0 Å².